The molecule has 0 aliphatic carbocycles. The molecule has 6 rings (SSSR count). The molecule has 9 heteroatoms. The third kappa shape index (κ3) is 6.47. The van der Waals surface area contributed by atoms with Crippen LogP contribution in [0.15, 0.2) is 103 Å². The van der Waals surface area contributed by atoms with Crippen molar-refractivity contribution < 1.29 is 24.2 Å². The van der Waals surface area contributed by atoms with Gasteiger partial charge < -0.3 is 14.7 Å². The van der Waals surface area contributed by atoms with E-state index in [4.69, 9.17) is 4.74 Å². The highest BCUT2D eigenvalue weighted by Crippen LogP contribution is 2.31. The standard InChI is InChI=1S/C35H32N4O5/c40-30-14-8-16-38(30)21-27-18-26(17-24-9-3-1-4-10-24)19-29(20-27)33(41)32-34(42)31-28(13-7-15-36-31)22-39(32)37-35(43)44-23-25-11-5-2-6-12-25/h1-7,9-13,15,18-20,42H,8,14,16-17,21-23H2,(H,37,43). The first-order valence-electron chi connectivity index (χ1n) is 14.6. The number of rotatable bonds is 9. The molecular formula is C35H32N4O5. The third-order valence-electron chi connectivity index (χ3n) is 7.70. The van der Waals surface area contributed by atoms with Gasteiger partial charge in [0.25, 0.3) is 0 Å². The van der Waals surface area contributed by atoms with Gasteiger partial charge in [-0.3, -0.25) is 19.6 Å². The Morgan fingerprint density at radius 3 is 2.34 bits per heavy atom. The second-order valence-electron chi connectivity index (χ2n) is 10.9. The van der Waals surface area contributed by atoms with E-state index >= 15 is 0 Å². The Labute approximate surface area is 255 Å². The number of ether oxygens (including phenoxy) is 1. The first-order valence-corrected chi connectivity index (χ1v) is 14.6. The number of aliphatic hydroxyl groups is 1. The minimum Gasteiger partial charge on any atom is -0.504 e. The molecule has 44 heavy (non-hydrogen) atoms. The summed E-state index contributed by atoms with van der Waals surface area (Å²) in [5, 5.41) is 12.7. The van der Waals surface area contributed by atoms with Crippen LogP contribution in [0, 0.1) is 0 Å². The summed E-state index contributed by atoms with van der Waals surface area (Å²) in [5.41, 5.74) is 7.35. The predicted octanol–water partition coefficient (Wildman–Crippen LogP) is 5.56. The number of likely N-dealkylation sites (tertiary alicyclic amines) is 1. The normalized spacial score (nSPS) is 14.4. The Balaban J connectivity index is 1.33. The smallest absolute Gasteiger partial charge is 0.426 e. The summed E-state index contributed by atoms with van der Waals surface area (Å²) in [6, 6.07) is 28.2. The van der Waals surface area contributed by atoms with Crippen LogP contribution >= 0.6 is 0 Å². The zero-order chi connectivity index (χ0) is 30.5. The molecule has 1 saturated heterocycles. The lowest BCUT2D eigenvalue weighted by atomic mass is 9.95. The van der Waals surface area contributed by atoms with E-state index in [-0.39, 0.29) is 36.2 Å². The number of hydrazine groups is 1. The molecule has 3 aromatic carbocycles. The van der Waals surface area contributed by atoms with Crippen molar-refractivity contribution in [3.8, 4) is 0 Å². The van der Waals surface area contributed by atoms with Crippen molar-refractivity contribution in [3.05, 3.63) is 142 Å². The first-order chi connectivity index (χ1) is 21.4. The van der Waals surface area contributed by atoms with E-state index in [0.717, 1.165) is 28.7 Å². The molecule has 2 amide bonds. The average Bonchev–Trinajstić information content (AvgIpc) is 3.44. The molecule has 0 saturated carbocycles. The maximum absolute atomic E-state index is 14.3. The van der Waals surface area contributed by atoms with E-state index in [1.807, 2.05) is 66.7 Å². The average molecular weight is 589 g/mol. The number of hydrogen-bond acceptors (Lipinski definition) is 7. The fourth-order valence-corrected chi connectivity index (χ4v) is 5.61. The summed E-state index contributed by atoms with van der Waals surface area (Å²) in [6.45, 7) is 1.18. The number of hydrogen-bond donors (Lipinski definition) is 2. The monoisotopic (exact) mass is 588 g/mol. The van der Waals surface area contributed by atoms with E-state index < -0.39 is 11.9 Å². The zero-order valence-corrected chi connectivity index (χ0v) is 24.1. The lowest BCUT2D eigenvalue weighted by molar-refractivity contribution is -0.128. The van der Waals surface area contributed by atoms with Crippen LogP contribution in [0.2, 0.25) is 0 Å². The van der Waals surface area contributed by atoms with Crippen molar-refractivity contribution in [2.45, 2.75) is 39.0 Å². The summed E-state index contributed by atoms with van der Waals surface area (Å²) in [4.78, 5) is 45.7. The molecule has 2 aliphatic heterocycles. The number of aromatic nitrogens is 1. The van der Waals surface area contributed by atoms with Crippen LogP contribution in [0.3, 0.4) is 0 Å². The highest BCUT2D eigenvalue weighted by atomic mass is 16.6. The molecular weight excluding hydrogens is 556 g/mol. The predicted molar refractivity (Wildman–Crippen MR) is 164 cm³/mol. The van der Waals surface area contributed by atoms with Gasteiger partial charge in [-0.2, -0.15) is 0 Å². The van der Waals surface area contributed by atoms with Crippen LogP contribution in [-0.4, -0.2) is 44.3 Å². The van der Waals surface area contributed by atoms with Crippen molar-refractivity contribution in [1.82, 2.24) is 20.3 Å². The van der Waals surface area contributed by atoms with Crippen LogP contribution in [0.1, 0.15) is 56.7 Å². The summed E-state index contributed by atoms with van der Waals surface area (Å²) in [5.74, 6) is -0.748. The van der Waals surface area contributed by atoms with Gasteiger partial charge in [0.2, 0.25) is 11.7 Å². The van der Waals surface area contributed by atoms with Gasteiger partial charge in [0.05, 0.1) is 6.54 Å². The molecule has 222 valence electrons. The van der Waals surface area contributed by atoms with Crippen LogP contribution in [-0.2, 0) is 35.6 Å². The fraction of sp³-hybridized carbons (Fsp3) is 0.200. The van der Waals surface area contributed by atoms with Crippen molar-refractivity contribution in [3.63, 3.8) is 0 Å². The summed E-state index contributed by atoms with van der Waals surface area (Å²) >= 11 is 0. The highest BCUT2D eigenvalue weighted by Gasteiger charge is 2.33. The quantitative estimate of drug-likeness (QED) is 0.246. The fourth-order valence-electron chi connectivity index (χ4n) is 5.61. The number of benzene rings is 3. The number of carbonyl (C=O) groups excluding carboxylic acids is 3. The number of nitrogens with zero attached hydrogens (tertiary/aromatic N) is 3. The Morgan fingerprint density at radius 1 is 0.886 bits per heavy atom. The van der Waals surface area contributed by atoms with Gasteiger partial charge in [0.15, 0.2) is 5.76 Å². The summed E-state index contributed by atoms with van der Waals surface area (Å²) in [7, 11) is 0. The van der Waals surface area contributed by atoms with E-state index in [1.165, 1.54) is 5.01 Å². The number of fused-ring (bicyclic) bond motifs is 1. The first kappa shape index (κ1) is 28.7. The summed E-state index contributed by atoms with van der Waals surface area (Å²) in [6.07, 6.45) is 2.67. The van der Waals surface area contributed by atoms with Gasteiger partial charge in [-0.25, -0.2) is 10.2 Å². The second kappa shape index (κ2) is 12.8. The lowest BCUT2D eigenvalue weighted by Gasteiger charge is -2.31. The number of nitrogens with one attached hydrogen (secondary N) is 1. The van der Waals surface area contributed by atoms with Gasteiger partial charge in [-0.05, 0) is 53.3 Å². The molecule has 3 heterocycles. The van der Waals surface area contributed by atoms with E-state index in [0.29, 0.717) is 37.1 Å². The molecule has 0 unspecified atom stereocenters. The van der Waals surface area contributed by atoms with Crippen molar-refractivity contribution in [1.29, 1.82) is 0 Å². The summed E-state index contributed by atoms with van der Waals surface area (Å²) < 4.78 is 5.42. The van der Waals surface area contributed by atoms with E-state index in [9.17, 15) is 19.5 Å². The molecule has 1 aromatic heterocycles. The molecule has 0 atom stereocenters. The minimum absolute atomic E-state index is 0.0394. The Bertz CT molecular complexity index is 1720. The molecule has 9 nitrogen and oxygen atoms in total. The largest absolute Gasteiger partial charge is 0.504 e. The van der Waals surface area contributed by atoms with Crippen molar-refractivity contribution in [2.24, 2.45) is 0 Å². The van der Waals surface area contributed by atoms with Gasteiger partial charge >= 0.3 is 6.09 Å². The maximum atomic E-state index is 14.3. The zero-order valence-electron chi connectivity index (χ0n) is 24.1. The maximum Gasteiger partial charge on any atom is 0.426 e. The number of Topliss-reactive ketones (excluding diaryl/α,β-unsaturated/α-hetero) is 1. The number of aliphatic hydroxyl groups excluding tert-OH is 1. The van der Waals surface area contributed by atoms with E-state index in [2.05, 4.69) is 10.4 Å². The van der Waals surface area contributed by atoms with Gasteiger partial charge in [0.1, 0.15) is 18.0 Å². The molecule has 0 radical (unpaired) electrons. The molecule has 2 N–H and O–H groups in total. The molecule has 2 aliphatic rings. The van der Waals surface area contributed by atoms with Crippen LogP contribution < -0.4 is 5.43 Å². The second-order valence-corrected chi connectivity index (χ2v) is 10.9. The number of carbonyl (C=O) groups is 3. The van der Waals surface area contributed by atoms with Gasteiger partial charge in [-0.15, -0.1) is 0 Å². The highest BCUT2D eigenvalue weighted by molar-refractivity contribution is 6.12. The van der Waals surface area contributed by atoms with E-state index in [1.54, 1.807) is 35.4 Å². The van der Waals surface area contributed by atoms with Gasteiger partial charge in [-0.1, -0.05) is 72.8 Å². The molecule has 0 bridgehead atoms. The Hall–Kier alpha value is -5.44. The molecule has 0 spiro atoms. The minimum atomic E-state index is -0.773. The van der Waals surface area contributed by atoms with Crippen LogP contribution in [0.25, 0.3) is 5.76 Å². The molecule has 4 aromatic rings. The number of ketones is 1. The topological polar surface area (TPSA) is 112 Å². The van der Waals surface area contributed by atoms with Gasteiger partial charge in [0, 0.05) is 36.8 Å². The van der Waals surface area contributed by atoms with Crippen LogP contribution in [0.4, 0.5) is 4.79 Å². The van der Waals surface area contributed by atoms with Crippen LogP contribution in [0.5, 0.6) is 0 Å². The van der Waals surface area contributed by atoms with Crippen molar-refractivity contribution in [2.75, 3.05) is 6.54 Å². The third-order valence-corrected chi connectivity index (χ3v) is 7.70. The number of pyridine rings is 1. The Morgan fingerprint density at radius 2 is 1.61 bits per heavy atom. The number of allylic oxidation sites excluding steroid dienone is 1. The SMILES string of the molecule is O=C(NN1Cc2cccnc2C(O)=C1C(=O)c1cc(Cc2ccccc2)cc(CN2CCCC2=O)c1)OCc1ccccc1. The lowest BCUT2D eigenvalue weighted by Crippen LogP contribution is -2.45. The number of amides is 2. The molecule has 1 fully saturated rings. The van der Waals surface area contributed by atoms with Crippen molar-refractivity contribution >= 4 is 23.5 Å². The Kier molecular flexibility index (Phi) is 8.36.